The highest BCUT2D eigenvalue weighted by Gasteiger charge is 2.22. The number of halogens is 1. The summed E-state index contributed by atoms with van der Waals surface area (Å²) in [5.41, 5.74) is 2.95. The molecule has 0 saturated heterocycles. The zero-order chi connectivity index (χ0) is 17.3. The number of carbonyl (C=O) groups excluding carboxylic acids is 1. The summed E-state index contributed by atoms with van der Waals surface area (Å²) in [6, 6.07) is 7.08. The van der Waals surface area contributed by atoms with Gasteiger partial charge in [-0.3, -0.25) is 9.36 Å². The van der Waals surface area contributed by atoms with Crippen molar-refractivity contribution in [3.05, 3.63) is 58.5 Å². The maximum absolute atomic E-state index is 12.3. The minimum absolute atomic E-state index is 0.106. The highest BCUT2D eigenvalue weighted by molar-refractivity contribution is 6.27. The number of carbonyl (C=O) groups is 1. The fraction of sp³-hybridized carbons (Fsp3) is 0.294. The number of fused-ring (bicyclic) bond motifs is 1. The summed E-state index contributed by atoms with van der Waals surface area (Å²) in [5, 5.41) is 0. The second-order valence-electron chi connectivity index (χ2n) is 5.62. The summed E-state index contributed by atoms with van der Waals surface area (Å²) in [4.78, 5) is 25.5. The van der Waals surface area contributed by atoms with E-state index in [1.165, 1.54) is 4.57 Å². The van der Waals surface area contributed by atoms with Crippen LogP contribution in [0.1, 0.15) is 24.1 Å². The lowest BCUT2D eigenvalue weighted by atomic mass is 10.1. The number of hydrogen-bond donors (Lipinski definition) is 0. The van der Waals surface area contributed by atoms with Crippen LogP contribution in [0.25, 0.3) is 11.1 Å². The van der Waals surface area contributed by atoms with Gasteiger partial charge >= 0.3 is 5.76 Å². The topological polar surface area (TPSA) is 68.6 Å². The number of rotatable bonds is 5. The first-order chi connectivity index (χ1) is 11.5. The van der Waals surface area contributed by atoms with Gasteiger partial charge in [-0.05, 0) is 30.7 Å². The molecule has 0 fully saturated rings. The zero-order valence-electron chi connectivity index (χ0n) is 13.4. The Kier molecular flexibility index (Phi) is 4.49. The molecule has 3 rings (SSSR count). The van der Waals surface area contributed by atoms with E-state index in [1.54, 1.807) is 36.6 Å². The Morgan fingerprint density at radius 3 is 2.83 bits per heavy atom. The Labute approximate surface area is 143 Å². The Hall–Kier alpha value is -2.47. The van der Waals surface area contributed by atoms with Crippen molar-refractivity contribution in [3.63, 3.8) is 0 Å². The van der Waals surface area contributed by atoms with E-state index in [0.29, 0.717) is 17.6 Å². The van der Waals surface area contributed by atoms with Crippen molar-refractivity contribution in [2.75, 3.05) is 5.88 Å². The van der Waals surface area contributed by atoms with Crippen LogP contribution in [0.3, 0.4) is 0 Å². The number of hydrogen-bond acceptors (Lipinski definition) is 4. The van der Waals surface area contributed by atoms with Gasteiger partial charge in [-0.25, -0.2) is 4.79 Å². The Bertz CT molecular complexity index is 910. The van der Waals surface area contributed by atoms with Crippen molar-refractivity contribution in [3.8, 4) is 0 Å². The average molecular weight is 349 g/mol. The van der Waals surface area contributed by atoms with Gasteiger partial charge in [0.15, 0.2) is 5.58 Å². The predicted molar refractivity (Wildman–Crippen MR) is 89.8 cm³/mol. The van der Waals surface area contributed by atoms with Crippen LogP contribution in [0.2, 0.25) is 0 Å². The molecule has 24 heavy (non-hydrogen) atoms. The molecule has 6 nitrogen and oxygen atoms in total. The highest BCUT2D eigenvalue weighted by Crippen LogP contribution is 2.24. The summed E-state index contributed by atoms with van der Waals surface area (Å²) in [5.74, 6) is -0.701. The minimum Gasteiger partial charge on any atom is -0.472 e. The number of furan rings is 1. The molecule has 0 aliphatic rings. The molecule has 1 unspecified atom stereocenters. The summed E-state index contributed by atoms with van der Waals surface area (Å²) in [7, 11) is 1.65. The van der Waals surface area contributed by atoms with Gasteiger partial charge in [-0.15, -0.1) is 11.6 Å². The number of oxazole rings is 1. The van der Waals surface area contributed by atoms with Crippen LogP contribution in [0.5, 0.6) is 0 Å². The fourth-order valence-corrected chi connectivity index (χ4v) is 2.84. The SMILES string of the molecule is CC(c1ccoc1)N(Cc1ccc2c(c1)oc(=O)n2C)C(=O)CCl. The van der Waals surface area contributed by atoms with Gasteiger partial charge in [0.25, 0.3) is 0 Å². The van der Waals surface area contributed by atoms with Crippen molar-refractivity contribution in [2.24, 2.45) is 7.05 Å². The van der Waals surface area contributed by atoms with Gasteiger partial charge in [0, 0.05) is 19.2 Å². The molecule has 1 amide bonds. The van der Waals surface area contributed by atoms with Crippen LogP contribution in [0.15, 0.2) is 50.4 Å². The Morgan fingerprint density at radius 1 is 1.38 bits per heavy atom. The third-order valence-electron chi connectivity index (χ3n) is 4.14. The summed E-state index contributed by atoms with van der Waals surface area (Å²) >= 11 is 5.76. The van der Waals surface area contributed by atoms with Crippen LogP contribution in [0.4, 0.5) is 0 Å². The van der Waals surface area contributed by atoms with Crippen molar-refractivity contribution >= 4 is 28.6 Å². The molecule has 1 atom stereocenters. The number of aryl methyl sites for hydroxylation is 1. The Balaban J connectivity index is 1.92. The molecular formula is C17H17ClN2O4. The van der Waals surface area contributed by atoms with Crippen LogP contribution >= 0.6 is 11.6 Å². The van der Waals surface area contributed by atoms with Crippen LogP contribution < -0.4 is 5.76 Å². The maximum atomic E-state index is 12.3. The highest BCUT2D eigenvalue weighted by atomic mass is 35.5. The molecule has 0 N–H and O–H groups in total. The second kappa shape index (κ2) is 6.57. The van der Waals surface area contributed by atoms with E-state index in [4.69, 9.17) is 20.4 Å². The summed E-state index contributed by atoms with van der Waals surface area (Å²) in [6.45, 7) is 2.27. The predicted octanol–water partition coefficient (Wildman–Crippen LogP) is 3.05. The lowest BCUT2D eigenvalue weighted by Gasteiger charge is -2.28. The van der Waals surface area contributed by atoms with Gasteiger partial charge in [0.05, 0.1) is 24.1 Å². The molecule has 2 heterocycles. The third kappa shape index (κ3) is 2.97. The van der Waals surface area contributed by atoms with Gasteiger partial charge < -0.3 is 13.7 Å². The Morgan fingerprint density at radius 2 is 2.17 bits per heavy atom. The summed E-state index contributed by atoms with van der Waals surface area (Å²) < 4.78 is 11.7. The van der Waals surface area contributed by atoms with E-state index < -0.39 is 5.76 Å². The molecule has 3 aromatic rings. The van der Waals surface area contributed by atoms with Gasteiger partial charge in [0.1, 0.15) is 5.88 Å². The summed E-state index contributed by atoms with van der Waals surface area (Å²) in [6.07, 6.45) is 3.18. The molecule has 0 radical (unpaired) electrons. The molecule has 0 aliphatic heterocycles. The van der Waals surface area contributed by atoms with Crippen LogP contribution in [-0.4, -0.2) is 21.3 Å². The van der Waals surface area contributed by atoms with Gasteiger partial charge in [-0.2, -0.15) is 0 Å². The maximum Gasteiger partial charge on any atom is 0.419 e. The van der Waals surface area contributed by atoms with Gasteiger partial charge in [-0.1, -0.05) is 6.07 Å². The van der Waals surface area contributed by atoms with Crippen molar-refractivity contribution < 1.29 is 13.6 Å². The second-order valence-corrected chi connectivity index (χ2v) is 5.88. The molecule has 0 spiro atoms. The number of alkyl halides is 1. The normalized spacial score (nSPS) is 12.5. The van der Waals surface area contributed by atoms with E-state index >= 15 is 0 Å². The molecule has 126 valence electrons. The molecule has 2 aromatic heterocycles. The van der Waals surface area contributed by atoms with E-state index in [-0.39, 0.29) is 17.8 Å². The van der Waals surface area contributed by atoms with Gasteiger partial charge in [0.2, 0.25) is 5.91 Å². The van der Waals surface area contributed by atoms with E-state index in [9.17, 15) is 9.59 Å². The molecular weight excluding hydrogens is 332 g/mol. The molecule has 0 bridgehead atoms. The largest absolute Gasteiger partial charge is 0.472 e. The zero-order valence-corrected chi connectivity index (χ0v) is 14.1. The smallest absolute Gasteiger partial charge is 0.419 e. The van der Waals surface area contributed by atoms with E-state index in [0.717, 1.165) is 11.1 Å². The lowest BCUT2D eigenvalue weighted by Crippen LogP contribution is -2.33. The first-order valence-electron chi connectivity index (χ1n) is 7.47. The first-order valence-corrected chi connectivity index (χ1v) is 8.00. The monoisotopic (exact) mass is 348 g/mol. The lowest BCUT2D eigenvalue weighted by molar-refractivity contribution is -0.131. The van der Waals surface area contributed by atoms with Crippen LogP contribution in [0, 0.1) is 0 Å². The molecule has 0 aliphatic carbocycles. The van der Waals surface area contributed by atoms with E-state index in [1.807, 2.05) is 19.1 Å². The fourth-order valence-electron chi connectivity index (χ4n) is 2.68. The first kappa shape index (κ1) is 16.4. The number of nitrogens with zero attached hydrogens (tertiary/aromatic N) is 2. The van der Waals surface area contributed by atoms with E-state index in [2.05, 4.69) is 0 Å². The molecule has 1 aromatic carbocycles. The molecule has 0 saturated carbocycles. The standard InChI is InChI=1S/C17H17ClN2O4/c1-11(13-5-6-23-10-13)20(16(21)8-18)9-12-3-4-14-15(7-12)24-17(22)19(14)2/h3-7,10-11H,8-9H2,1-2H3. The number of amides is 1. The quantitative estimate of drug-likeness (QED) is 0.664. The molecule has 7 heteroatoms. The van der Waals surface area contributed by atoms with Crippen molar-refractivity contribution in [1.29, 1.82) is 0 Å². The number of aromatic nitrogens is 1. The average Bonchev–Trinajstić information content (AvgIpc) is 3.20. The van der Waals surface area contributed by atoms with Crippen LogP contribution in [-0.2, 0) is 18.4 Å². The third-order valence-corrected chi connectivity index (χ3v) is 4.37. The van der Waals surface area contributed by atoms with Crippen molar-refractivity contribution in [2.45, 2.75) is 19.5 Å². The van der Waals surface area contributed by atoms with Crippen molar-refractivity contribution in [1.82, 2.24) is 9.47 Å². The minimum atomic E-state index is -0.414. The number of benzene rings is 1.